The number of hydrogen-bond acceptors (Lipinski definition) is 13. The van der Waals surface area contributed by atoms with E-state index in [0.29, 0.717) is 11.6 Å². The summed E-state index contributed by atoms with van der Waals surface area (Å²) in [4.78, 5) is 25.4. The zero-order chi connectivity index (χ0) is 28.1. The van der Waals surface area contributed by atoms with Crippen molar-refractivity contribution in [2.75, 3.05) is 21.3 Å². The van der Waals surface area contributed by atoms with Gasteiger partial charge in [-0.1, -0.05) is 36.4 Å². The molecule has 15 heteroatoms. The van der Waals surface area contributed by atoms with Crippen LogP contribution in [0.1, 0.15) is 11.6 Å². The van der Waals surface area contributed by atoms with Crippen LogP contribution in [0.15, 0.2) is 83.8 Å². The van der Waals surface area contributed by atoms with E-state index < -0.39 is 15.0 Å². The second-order valence-corrected chi connectivity index (χ2v) is 9.87. The van der Waals surface area contributed by atoms with Crippen LogP contribution in [0.4, 0.5) is 46.5 Å². The Hall–Kier alpha value is -4.21. The molecule has 5 aromatic rings. The molecule has 0 amide bonds. The third kappa shape index (κ3) is 8.39. The second kappa shape index (κ2) is 13.0. The van der Waals surface area contributed by atoms with Crippen molar-refractivity contribution in [1.82, 2.24) is 29.9 Å². The van der Waals surface area contributed by atoms with E-state index in [2.05, 4.69) is 51.2 Å². The van der Waals surface area contributed by atoms with E-state index in [-0.39, 0.29) is 64.7 Å². The first-order valence-electron chi connectivity index (χ1n) is 11.9. The average Bonchev–Trinajstić information content (AvgIpc) is 2.88. The Bertz CT molecular complexity index is 1650. The van der Waals surface area contributed by atoms with Crippen LogP contribution in [0.5, 0.6) is 0 Å². The van der Waals surface area contributed by atoms with Gasteiger partial charge in [0.05, 0.1) is 4.90 Å². The fraction of sp³-hybridized carbons (Fsp3) is 0.0769. The predicted octanol–water partition coefficient (Wildman–Crippen LogP) is 1.56. The second-order valence-electron chi connectivity index (χ2n) is 8.49. The van der Waals surface area contributed by atoms with Crippen molar-refractivity contribution in [3.8, 4) is 0 Å². The van der Waals surface area contributed by atoms with E-state index >= 15 is 0 Å². The molecule has 41 heavy (non-hydrogen) atoms. The molecule has 0 aliphatic rings. The number of hydrogen-bond donors (Lipinski definition) is 4. The van der Waals surface area contributed by atoms with E-state index in [1.54, 1.807) is 19.9 Å². The van der Waals surface area contributed by atoms with E-state index in [1.165, 1.54) is 12.1 Å². The molecule has 2 heterocycles. The Labute approximate surface area is 258 Å². The number of aryl methyl sites for hydroxylation is 2. The van der Waals surface area contributed by atoms with Crippen LogP contribution in [0.2, 0.25) is 0 Å². The molecular formula is C26H23N10NaO3S. The van der Waals surface area contributed by atoms with Crippen LogP contribution in [-0.2, 0) is 10.1 Å². The first kappa shape index (κ1) is 29.8. The van der Waals surface area contributed by atoms with Crippen LogP contribution in [0, 0.1) is 13.8 Å². The van der Waals surface area contributed by atoms with Gasteiger partial charge in [0.2, 0.25) is 23.8 Å². The van der Waals surface area contributed by atoms with Gasteiger partial charge in [0.15, 0.2) is 0 Å². The number of benzene rings is 3. The van der Waals surface area contributed by atoms with Gasteiger partial charge >= 0.3 is 29.6 Å². The molecular weight excluding hydrogens is 555 g/mol. The third-order valence-electron chi connectivity index (χ3n) is 5.26. The summed E-state index contributed by atoms with van der Waals surface area (Å²) in [6.07, 6.45) is 0. The summed E-state index contributed by atoms with van der Waals surface area (Å²) < 4.78 is 35.9. The average molecular weight is 579 g/mol. The molecule has 2 aromatic heterocycles. The first-order valence-corrected chi connectivity index (χ1v) is 13.3. The minimum Gasteiger partial charge on any atom is -0.744 e. The van der Waals surface area contributed by atoms with Crippen molar-refractivity contribution in [3.63, 3.8) is 0 Å². The Morgan fingerprint density at radius 3 is 1.22 bits per heavy atom. The maximum absolute atomic E-state index is 12.0. The molecule has 3 aromatic carbocycles. The maximum atomic E-state index is 12.0. The summed E-state index contributed by atoms with van der Waals surface area (Å²) in [5.41, 5.74) is 2.03. The van der Waals surface area contributed by atoms with Crippen LogP contribution in [0.25, 0.3) is 0 Å². The van der Waals surface area contributed by atoms with Gasteiger partial charge in [-0.05, 0) is 56.3 Å². The summed E-state index contributed by atoms with van der Waals surface area (Å²) in [6, 6.07) is 22.6. The van der Waals surface area contributed by atoms with E-state index in [9.17, 15) is 13.0 Å². The molecule has 0 saturated carbocycles. The molecule has 0 unspecified atom stereocenters. The number of anilines is 8. The van der Waals surface area contributed by atoms with Crippen molar-refractivity contribution >= 4 is 56.7 Å². The Balaban J connectivity index is 0.00000387. The van der Waals surface area contributed by atoms with Crippen LogP contribution in [-0.4, -0.2) is 42.9 Å². The Morgan fingerprint density at radius 1 is 0.537 bits per heavy atom. The standard InChI is InChI=1S/C26H24N10O3S.Na/c1-16-27-23(31-18-9-5-3-6-10-18)35-25(29-16)33-20-13-21(15-22(14-20)40(37,38)39)34-26-30-17(2)28-24(36-26)32-19-11-7-4-8-12-19;/h3-15H,1-2H3,(H,37,38,39)(H2,27,29,31,33,35)(H2,28,30,32,34,36);/q;+1/p-1. The molecule has 0 radical (unpaired) electrons. The van der Waals surface area contributed by atoms with Crippen molar-refractivity contribution in [2.24, 2.45) is 0 Å². The predicted molar refractivity (Wildman–Crippen MR) is 150 cm³/mol. The summed E-state index contributed by atoms with van der Waals surface area (Å²) in [5.74, 6) is 1.69. The van der Waals surface area contributed by atoms with Gasteiger partial charge in [0, 0.05) is 22.7 Å². The topological polar surface area (TPSA) is 183 Å². The number of aromatic nitrogens is 6. The molecule has 0 fully saturated rings. The van der Waals surface area contributed by atoms with Crippen molar-refractivity contribution in [3.05, 3.63) is 90.5 Å². The largest absolute Gasteiger partial charge is 1.00 e. The summed E-state index contributed by atoms with van der Waals surface area (Å²) in [7, 11) is -4.81. The molecule has 0 saturated heterocycles. The molecule has 0 spiro atoms. The van der Waals surface area contributed by atoms with Crippen molar-refractivity contribution < 1.29 is 42.5 Å². The summed E-state index contributed by atoms with van der Waals surface area (Å²) >= 11 is 0. The third-order valence-corrected chi connectivity index (χ3v) is 6.07. The van der Waals surface area contributed by atoms with E-state index in [0.717, 1.165) is 11.4 Å². The van der Waals surface area contributed by atoms with Gasteiger partial charge in [-0.15, -0.1) is 0 Å². The normalized spacial score (nSPS) is 10.8. The van der Waals surface area contributed by atoms with Crippen molar-refractivity contribution in [1.29, 1.82) is 0 Å². The van der Waals surface area contributed by atoms with Gasteiger partial charge in [0.25, 0.3) is 0 Å². The molecule has 4 N–H and O–H groups in total. The minimum absolute atomic E-state index is 0. The van der Waals surface area contributed by atoms with Gasteiger partial charge in [0.1, 0.15) is 21.8 Å². The van der Waals surface area contributed by atoms with Gasteiger partial charge in [-0.2, -0.15) is 29.9 Å². The zero-order valence-electron chi connectivity index (χ0n) is 22.3. The molecule has 0 aliphatic carbocycles. The van der Waals surface area contributed by atoms with Crippen LogP contribution in [0.3, 0.4) is 0 Å². The first-order chi connectivity index (χ1) is 19.2. The minimum atomic E-state index is -4.81. The van der Waals surface area contributed by atoms with Gasteiger partial charge in [-0.3, -0.25) is 0 Å². The van der Waals surface area contributed by atoms with Crippen LogP contribution < -0.4 is 50.8 Å². The fourth-order valence-electron chi connectivity index (χ4n) is 3.63. The van der Waals surface area contributed by atoms with Gasteiger partial charge in [-0.25, -0.2) is 8.42 Å². The maximum Gasteiger partial charge on any atom is 1.00 e. The number of para-hydroxylation sites is 2. The van der Waals surface area contributed by atoms with Crippen LogP contribution >= 0.6 is 0 Å². The van der Waals surface area contributed by atoms with E-state index in [1.807, 2.05) is 60.7 Å². The summed E-state index contributed by atoms with van der Waals surface area (Å²) in [5, 5.41) is 12.1. The van der Waals surface area contributed by atoms with Crippen molar-refractivity contribution in [2.45, 2.75) is 18.7 Å². The van der Waals surface area contributed by atoms with E-state index in [4.69, 9.17) is 0 Å². The quantitative estimate of drug-likeness (QED) is 0.146. The molecule has 0 bridgehead atoms. The molecule has 5 rings (SSSR count). The molecule has 202 valence electrons. The Kier molecular flexibility index (Phi) is 9.42. The number of rotatable bonds is 9. The monoisotopic (exact) mass is 578 g/mol. The zero-order valence-corrected chi connectivity index (χ0v) is 25.1. The Morgan fingerprint density at radius 2 is 0.878 bits per heavy atom. The number of nitrogens with zero attached hydrogens (tertiary/aromatic N) is 6. The number of nitrogens with one attached hydrogen (secondary N) is 4. The SMILES string of the molecule is Cc1nc(Nc2ccccc2)nc(Nc2cc(Nc3nc(C)nc(Nc4ccccc4)n3)cc(S(=O)(=O)[O-])c2)n1.[Na+]. The molecule has 0 aliphatic heterocycles. The molecule has 0 atom stereocenters. The fourth-order valence-corrected chi connectivity index (χ4v) is 4.18. The molecule has 13 nitrogen and oxygen atoms in total. The summed E-state index contributed by atoms with van der Waals surface area (Å²) in [6.45, 7) is 3.39. The van der Waals surface area contributed by atoms with Gasteiger partial charge < -0.3 is 25.8 Å². The smallest absolute Gasteiger partial charge is 0.744 e.